The fourth-order valence-electron chi connectivity index (χ4n) is 1.74. The molecule has 1 aromatic carbocycles. The summed E-state index contributed by atoms with van der Waals surface area (Å²) in [5, 5.41) is 1.12. The van der Waals surface area contributed by atoms with Gasteiger partial charge in [-0.3, -0.25) is 4.57 Å². The largest absolute Gasteiger partial charge is 0.746 e. The van der Waals surface area contributed by atoms with Crippen LogP contribution in [0.2, 0.25) is 5.02 Å². The lowest BCUT2D eigenvalue weighted by Crippen LogP contribution is -2.37. The molecule has 122 valence electrons. The van der Waals surface area contributed by atoms with Crippen molar-refractivity contribution in [1.29, 1.82) is 0 Å². The third-order valence-electron chi connectivity index (χ3n) is 2.91. The number of likely N-dealkylation sites (N-methyl/N-ethyl adjacent to an activating group) is 1. The Morgan fingerprint density at radius 3 is 2.73 bits per heavy atom. The molecular weight excluding hydrogens is 394 g/mol. The molecule has 0 spiro atoms. The van der Waals surface area contributed by atoms with Gasteiger partial charge in [-0.25, -0.2) is 0 Å². The van der Waals surface area contributed by atoms with Gasteiger partial charge < -0.3 is 23.4 Å². The van der Waals surface area contributed by atoms with Gasteiger partial charge in [-0.15, -0.1) is 0 Å². The van der Waals surface area contributed by atoms with Gasteiger partial charge in [-0.1, -0.05) is 11.6 Å². The molecule has 0 aliphatic carbocycles. The SMILES string of the molecule is C[N+](C)(C)CCOP(=O)([O-])Oc1c[nH]c2cc(Cl)c(Br)cc12. The number of hydrogen-bond donors (Lipinski definition) is 1. The number of phosphoric acid groups is 1. The number of aromatic amines is 1. The molecule has 6 nitrogen and oxygen atoms in total. The minimum atomic E-state index is -4.43. The third-order valence-corrected chi connectivity index (χ3v) is 5.02. The number of hydrogen-bond acceptors (Lipinski definition) is 4. The van der Waals surface area contributed by atoms with Crippen molar-refractivity contribution in [2.45, 2.75) is 0 Å². The van der Waals surface area contributed by atoms with E-state index in [-0.39, 0.29) is 12.4 Å². The zero-order valence-electron chi connectivity index (χ0n) is 12.4. The van der Waals surface area contributed by atoms with Crippen molar-refractivity contribution in [3.05, 3.63) is 27.8 Å². The number of nitrogens with one attached hydrogen (secondary N) is 1. The first-order valence-corrected chi connectivity index (χ1v) is 9.12. The standard InChI is InChI=1S/C13H17BrClN2O4P/c1-17(2,3)4-5-20-22(18,19)21-13-8-16-12-7-11(15)10(14)6-9(12)13/h6-8,16H,4-5H2,1-3H3. The van der Waals surface area contributed by atoms with Crippen LogP contribution in [0.3, 0.4) is 0 Å². The Morgan fingerprint density at radius 1 is 1.41 bits per heavy atom. The average molecular weight is 412 g/mol. The molecule has 9 heteroatoms. The fourth-order valence-corrected chi connectivity index (χ4v) is 3.00. The third kappa shape index (κ3) is 4.72. The van der Waals surface area contributed by atoms with E-state index in [4.69, 9.17) is 20.6 Å². The second-order valence-corrected chi connectivity index (χ2v) is 8.45. The lowest BCUT2D eigenvalue weighted by atomic mass is 10.2. The molecule has 0 saturated heterocycles. The van der Waals surface area contributed by atoms with Gasteiger partial charge in [0.2, 0.25) is 0 Å². The molecule has 0 aliphatic rings. The summed E-state index contributed by atoms with van der Waals surface area (Å²) in [5.74, 6) is 0.177. The minimum absolute atomic E-state index is 0.0577. The van der Waals surface area contributed by atoms with Gasteiger partial charge in [0.15, 0.2) is 5.75 Å². The lowest BCUT2D eigenvalue weighted by molar-refractivity contribution is -0.870. The first-order valence-electron chi connectivity index (χ1n) is 6.49. The smallest absolute Gasteiger partial charge is 0.320 e. The number of H-pyrrole nitrogens is 1. The van der Waals surface area contributed by atoms with Crippen LogP contribution in [0.5, 0.6) is 5.75 Å². The number of halogens is 2. The monoisotopic (exact) mass is 410 g/mol. The van der Waals surface area contributed by atoms with Crippen molar-refractivity contribution in [1.82, 2.24) is 4.98 Å². The molecule has 1 N–H and O–H groups in total. The van der Waals surface area contributed by atoms with Gasteiger partial charge in [-0.2, -0.15) is 0 Å². The molecule has 1 atom stereocenters. The highest BCUT2D eigenvalue weighted by Crippen LogP contribution is 2.43. The predicted molar refractivity (Wildman–Crippen MR) is 88.1 cm³/mol. The van der Waals surface area contributed by atoms with Crippen LogP contribution in [-0.2, 0) is 9.09 Å². The Labute approximate surface area is 142 Å². The van der Waals surface area contributed by atoms with Crippen LogP contribution in [0.4, 0.5) is 0 Å². The Morgan fingerprint density at radius 2 is 2.09 bits per heavy atom. The molecule has 1 aromatic heterocycles. The molecule has 0 radical (unpaired) electrons. The molecule has 0 fully saturated rings. The number of quaternary nitrogens is 1. The van der Waals surface area contributed by atoms with E-state index in [1.807, 2.05) is 21.1 Å². The fraction of sp³-hybridized carbons (Fsp3) is 0.385. The maximum absolute atomic E-state index is 11.9. The van der Waals surface area contributed by atoms with E-state index in [9.17, 15) is 9.46 Å². The normalized spacial score (nSPS) is 15.0. The molecule has 0 amide bonds. The Kier molecular flexibility index (Phi) is 5.27. The molecule has 2 aromatic rings. The highest BCUT2D eigenvalue weighted by Gasteiger charge is 2.17. The number of rotatable bonds is 6. The van der Waals surface area contributed by atoms with E-state index in [1.54, 1.807) is 12.1 Å². The average Bonchev–Trinajstić information content (AvgIpc) is 2.70. The summed E-state index contributed by atoms with van der Waals surface area (Å²) in [7, 11) is 1.41. The van der Waals surface area contributed by atoms with Gasteiger partial charge >= 0.3 is 7.82 Å². The zero-order valence-corrected chi connectivity index (χ0v) is 15.7. The van der Waals surface area contributed by atoms with Gasteiger partial charge in [-0.05, 0) is 28.1 Å². The minimum Gasteiger partial charge on any atom is -0.746 e. The molecule has 0 saturated carbocycles. The van der Waals surface area contributed by atoms with E-state index < -0.39 is 7.82 Å². The summed E-state index contributed by atoms with van der Waals surface area (Å²) >= 11 is 9.29. The van der Waals surface area contributed by atoms with Crippen LogP contribution in [-0.4, -0.2) is 43.8 Å². The predicted octanol–water partition coefficient (Wildman–Crippen LogP) is 3.15. The van der Waals surface area contributed by atoms with E-state index in [0.29, 0.717) is 31.4 Å². The number of aromatic nitrogens is 1. The summed E-state index contributed by atoms with van der Waals surface area (Å²) in [5.41, 5.74) is 0.676. The second-order valence-electron chi connectivity index (χ2n) is 5.85. The van der Waals surface area contributed by atoms with Crippen LogP contribution in [0.25, 0.3) is 10.9 Å². The van der Waals surface area contributed by atoms with E-state index in [1.165, 1.54) is 6.20 Å². The number of benzene rings is 1. The number of nitrogens with zero attached hydrogens (tertiary/aromatic N) is 1. The molecular formula is C13H17BrClN2O4P. The summed E-state index contributed by atoms with van der Waals surface area (Å²) in [6, 6.07) is 3.37. The highest BCUT2D eigenvalue weighted by atomic mass is 79.9. The lowest BCUT2D eigenvalue weighted by Gasteiger charge is -2.27. The topological polar surface area (TPSA) is 74.4 Å². The molecule has 0 bridgehead atoms. The van der Waals surface area contributed by atoms with Gasteiger partial charge in [0.05, 0.1) is 31.7 Å². The number of fused-ring (bicyclic) bond motifs is 1. The van der Waals surface area contributed by atoms with Crippen molar-refractivity contribution in [2.24, 2.45) is 0 Å². The summed E-state index contributed by atoms with van der Waals surface area (Å²) in [4.78, 5) is 14.8. The van der Waals surface area contributed by atoms with E-state index in [2.05, 4.69) is 20.9 Å². The Bertz CT molecular complexity index is 729. The maximum Gasteiger partial charge on any atom is 0.320 e. The Balaban J connectivity index is 2.12. The maximum atomic E-state index is 11.9. The summed E-state index contributed by atoms with van der Waals surface area (Å²) in [6.07, 6.45) is 1.46. The first kappa shape index (κ1) is 17.8. The van der Waals surface area contributed by atoms with E-state index >= 15 is 0 Å². The highest BCUT2D eigenvalue weighted by molar-refractivity contribution is 9.10. The summed E-state index contributed by atoms with van der Waals surface area (Å²) in [6.45, 7) is 0.604. The Hall–Kier alpha value is -0.560. The van der Waals surface area contributed by atoms with Gasteiger partial charge in [0.1, 0.15) is 13.2 Å². The van der Waals surface area contributed by atoms with Crippen LogP contribution in [0.15, 0.2) is 22.8 Å². The van der Waals surface area contributed by atoms with E-state index in [0.717, 1.165) is 0 Å². The van der Waals surface area contributed by atoms with Crippen molar-refractivity contribution >= 4 is 46.3 Å². The quantitative estimate of drug-likeness (QED) is 0.585. The van der Waals surface area contributed by atoms with Crippen molar-refractivity contribution in [2.75, 3.05) is 34.3 Å². The second kappa shape index (κ2) is 6.51. The van der Waals surface area contributed by atoms with Crippen LogP contribution in [0, 0.1) is 0 Å². The van der Waals surface area contributed by atoms with Gasteiger partial charge in [0.25, 0.3) is 0 Å². The summed E-state index contributed by atoms with van der Waals surface area (Å²) < 4.78 is 23.1. The first-order chi connectivity index (χ1) is 10.1. The number of phosphoric ester groups is 1. The molecule has 1 heterocycles. The van der Waals surface area contributed by atoms with Crippen molar-refractivity contribution in [3.63, 3.8) is 0 Å². The molecule has 22 heavy (non-hydrogen) atoms. The van der Waals surface area contributed by atoms with Gasteiger partial charge in [0, 0.05) is 16.1 Å². The van der Waals surface area contributed by atoms with Crippen molar-refractivity contribution < 1.29 is 23.0 Å². The molecule has 1 unspecified atom stereocenters. The molecule has 2 rings (SSSR count). The molecule has 0 aliphatic heterocycles. The van der Waals surface area contributed by atoms with Crippen LogP contribution in [0.1, 0.15) is 0 Å². The van der Waals surface area contributed by atoms with Crippen LogP contribution < -0.4 is 9.42 Å². The zero-order chi connectivity index (χ0) is 16.5. The van der Waals surface area contributed by atoms with Crippen molar-refractivity contribution in [3.8, 4) is 5.75 Å². The van der Waals surface area contributed by atoms with Crippen LogP contribution >= 0.6 is 35.4 Å².